The van der Waals surface area contributed by atoms with Crippen LogP contribution in [-0.2, 0) is 0 Å². The van der Waals surface area contributed by atoms with E-state index in [4.69, 9.17) is 4.74 Å². The molecule has 0 fully saturated rings. The quantitative estimate of drug-likeness (QED) is 0.335. The van der Waals surface area contributed by atoms with Crippen molar-refractivity contribution >= 4 is 38.1 Å². The molecule has 26 heavy (non-hydrogen) atoms. The topological polar surface area (TPSA) is 12.5 Å². The molecule has 0 atom stereocenters. The molecule has 2 nitrogen and oxygen atoms in total. The lowest BCUT2D eigenvalue weighted by molar-refractivity contribution is 0.475. The van der Waals surface area contributed by atoms with Gasteiger partial charge in [0.1, 0.15) is 0 Å². The SMILES string of the molecule is CN1c2ccc(Br)cc2Oc2cc(-c3cccc4ccccc34)ccc21. The lowest BCUT2D eigenvalue weighted by Gasteiger charge is -2.30. The van der Waals surface area contributed by atoms with Gasteiger partial charge in [0.25, 0.3) is 0 Å². The van der Waals surface area contributed by atoms with Gasteiger partial charge in [0.2, 0.25) is 0 Å². The highest BCUT2D eigenvalue weighted by Crippen LogP contribution is 2.48. The number of halogens is 1. The summed E-state index contributed by atoms with van der Waals surface area (Å²) in [6.07, 6.45) is 0. The molecule has 0 aliphatic carbocycles. The van der Waals surface area contributed by atoms with E-state index in [0.717, 1.165) is 32.9 Å². The number of hydrogen-bond acceptors (Lipinski definition) is 2. The van der Waals surface area contributed by atoms with Gasteiger partial charge in [-0.1, -0.05) is 64.5 Å². The molecule has 0 bridgehead atoms. The van der Waals surface area contributed by atoms with E-state index in [9.17, 15) is 0 Å². The van der Waals surface area contributed by atoms with Crippen molar-refractivity contribution in [2.75, 3.05) is 11.9 Å². The Morgan fingerprint density at radius 3 is 2.38 bits per heavy atom. The Morgan fingerprint density at radius 1 is 0.769 bits per heavy atom. The molecule has 3 heteroatoms. The van der Waals surface area contributed by atoms with Crippen LogP contribution in [0.4, 0.5) is 11.4 Å². The van der Waals surface area contributed by atoms with Crippen molar-refractivity contribution in [3.8, 4) is 22.6 Å². The van der Waals surface area contributed by atoms with Gasteiger partial charge in [0, 0.05) is 11.5 Å². The number of hydrogen-bond donors (Lipinski definition) is 0. The summed E-state index contributed by atoms with van der Waals surface area (Å²) in [7, 11) is 2.08. The van der Waals surface area contributed by atoms with Gasteiger partial charge in [-0.15, -0.1) is 0 Å². The molecular weight excluding hydrogens is 386 g/mol. The Labute approximate surface area is 160 Å². The highest BCUT2D eigenvalue weighted by atomic mass is 79.9. The summed E-state index contributed by atoms with van der Waals surface area (Å²) in [5.41, 5.74) is 4.52. The molecule has 0 saturated carbocycles. The molecule has 5 rings (SSSR count). The summed E-state index contributed by atoms with van der Waals surface area (Å²) in [6, 6.07) is 27.5. The fourth-order valence-electron chi connectivity index (χ4n) is 3.61. The van der Waals surface area contributed by atoms with Crippen LogP contribution in [0.15, 0.2) is 83.3 Å². The number of ether oxygens (including phenoxy) is 1. The molecule has 4 aromatic carbocycles. The van der Waals surface area contributed by atoms with E-state index in [1.54, 1.807) is 0 Å². The van der Waals surface area contributed by atoms with E-state index in [-0.39, 0.29) is 0 Å². The average Bonchev–Trinajstić information content (AvgIpc) is 2.67. The standard InChI is InChI=1S/C23H16BrNO/c1-25-20-11-9-16(19-8-4-6-15-5-2-3-7-18(15)19)13-22(20)26-23-14-17(24)10-12-21(23)25/h2-14H,1H3. The van der Waals surface area contributed by atoms with Gasteiger partial charge >= 0.3 is 0 Å². The second-order valence-corrected chi connectivity index (χ2v) is 7.40. The average molecular weight is 402 g/mol. The summed E-state index contributed by atoms with van der Waals surface area (Å²) in [6.45, 7) is 0. The highest BCUT2D eigenvalue weighted by Gasteiger charge is 2.22. The molecule has 0 unspecified atom stereocenters. The fraction of sp³-hybridized carbons (Fsp3) is 0.0435. The largest absolute Gasteiger partial charge is 0.453 e. The van der Waals surface area contributed by atoms with Gasteiger partial charge < -0.3 is 9.64 Å². The summed E-state index contributed by atoms with van der Waals surface area (Å²) in [5, 5.41) is 2.50. The molecule has 4 aromatic rings. The van der Waals surface area contributed by atoms with E-state index in [1.807, 2.05) is 12.1 Å². The molecule has 0 N–H and O–H groups in total. The predicted molar refractivity (Wildman–Crippen MR) is 112 cm³/mol. The Kier molecular flexibility index (Phi) is 3.50. The second kappa shape index (κ2) is 5.89. The molecule has 0 aromatic heterocycles. The third kappa shape index (κ3) is 2.39. The van der Waals surface area contributed by atoms with Crippen LogP contribution in [0, 0.1) is 0 Å². The first-order valence-corrected chi connectivity index (χ1v) is 9.33. The van der Waals surface area contributed by atoms with Gasteiger partial charge in [-0.3, -0.25) is 0 Å². The van der Waals surface area contributed by atoms with Gasteiger partial charge in [0.15, 0.2) is 11.5 Å². The Balaban J connectivity index is 1.66. The Morgan fingerprint density at radius 2 is 1.50 bits per heavy atom. The van der Waals surface area contributed by atoms with Crippen LogP contribution < -0.4 is 9.64 Å². The predicted octanol–water partition coefficient (Wildman–Crippen LogP) is 7.14. The normalized spacial score (nSPS) is 12.5. The highest BCUT2D eigenvalue weighted by molar-refractivity contribution is 9.10. The smallest absolute Gasteiger partial charge is 0.152 e. The van der Waals surface area contributed by atoms with Crippen LogP contribution in [0.25, 0.3) is 21.9 Å². The zero-order valence-corrected chi connectivity index (χ0v) is 15.8. The van der Waals surface area contributed by atoms with E-state index >= 15 is 0 Å². The van der Waals surface area contributed by atoms with Crippen molar-refractivity contribution < 1.29 is 4.74 Å². The maximum atomic E-state index is 6.23. The maximum Gasteiger partial charge on any atom is 0.152 e. The first-order chi connectivity index (χ1) is 12.7. The van der Waals surface area contributed by atoms with E-state index < -0.39 is 0 Å². The summed E-state index contributed by atoms with van der Waals surface area (Å²) in [4.78, 5) is 2.17. The van der Waals surface area contributed by atoms with Crippen molar-refractivity contribution in [2.24, 2.45) is 0 Å². The first kappa shape index (κ1) is 15.5. The van der Waals surface area contributed by atoms with Crippen LogP contribution in [0.5, 0.6) is 11.5 Å². The van der Waals surface area contributed by atoms with Crippen LogP contribution in [0.2, 0.25) is 0 Å². The monoisotopic (exact) mass is 401 g/mol. The lowest BCUT2D eigenvalue weighted by atomic mass is 9.97. The second-order valence-electron chi connectivity index (χ2n) is 6.48. The summed E-state index contributed by atoms with van der Waals surface area (Å²) in [5.74, 6) is 1.74. The summed E-state index contributed by atoms with van der Waals surface area (Å²) < 4.78 is 7.24. The first-order valence-electron chi connectivity index (χ1n) is 8.54. The van der Waals surface area contributed by atoms with E-state index in [0.29, 0.717) is 0 Å². The van der Waals surface area contributed by atoms with Crippen molar-refractivity contribution in [1.29, 1.82) is 0 Å². The molecular formula is C23H16BrNO. The maximum absolute atomic E-state index is 6.23. The van der Waals surface area contributed by atoms with Crippen LogP contribution in [0.3, 0.4) is 0 Å². The number of benzene rings is 4. The molecule has 126 valence electrons. The minimum Gasteiger partial charge on any atom is -0.453 e. The zero-order valence-electron chi connectivity index (χ0n) is 14.2. The molecule has 0 radical (unpaired) electrons. The third-order valence-electron chi connectivity index (χ3n) is 4.92. The van der Waals surface area contributed by atoms with Crippen molar-refractivity contribution in [3.63, 3.8) is 0 Å². The summed E-state index contributed by atoms with van der Waals surface area (Å²) >= 11 is 3.53. The van der Waals surface area contributed by atoms with Gasteiger partial charge in [-0.25, -0.2) is 0 Å². The number of fused-ring (bicyclic) bond motifs is 3. The Bertz CT molecular complexity index is 1150. The molecule has 0 amide bonds. The number of anilines is 2. The lowest BCUT2D eigenvalue weighted by Crippen LogP contribution is -2.15. The number of rotatable bonds is 1. The minimum absolute atomic E-state index is 0.865. The molecule has 0 saturated heterocycles. The van der Waals surface area contributed by atoms with Crippen molar-refractivity contribution in [2.45, 2.75) is 0 Å². The Hall–Kier alpha value is -2.78. The molecule has 0 spiro atoms. The molecule has 1 heterocycles. The van der Waals surface area contributed by atoms with Crippen LogP contribution in [-0.4, -0.2) is 7.05 Å². The minimum atomic E-state index is 0.865. The van der Waals surface area contributed by atoms with Gasteiger partial charge in [-0.2, -0.15) is 0 Å². The van der Waals surface area contributed by atoms with Crippen LogP contribution >= 0.6 is 15.9 Å². The zero-order chi connectivity index (χ0) is 17.7. The van der Waals surface area contributed by atoms with Crippen molar-refractivity contribution in [1.82, 2.24) is 0 Å². The van der Waals surface area contributed by atoms with E-state index in [2.05, 4.69) is 94.6 Å². The molecule has 1 aliphatic rings. The molecule has 1 aliphatic heterocycles. The van der Waals surface area contributed by atoms with Crippen LogP contribution in [0.1, 0.15) is 0 Å². The fourth-order valence-corrected chi connectivity index (χ4v) is 3.95. The van der Waals surface area contributed by atoms with Crippen molar-refractivity contribution in [3.05, 3.63) is 83.3 Å². The van der Waals surface area contributed by atoms with E-state index in [1.165, 1.54) is 16.3 Å². The van der Waals surface area contributed by atoms with Gasteiger partial charge in [-0.05, 0) is 52.2 Å². The third-order valence-corrected chi connectivity index (χ3v) is 5.42. The number of nitrogens with zero attached hydrogens (tertiary/aromatic N) is 1. The van der Waals surface area contributed by atoms with Gasteiger partial charge in [0.05, 0.1) is 11.4 Å².